The number of benzene rings is 1. The van der Waals surface area contributed by atoms with E-state index in [2.05, 4.69) is 31.9 Å². The van der Waals surface area contributed by atoms with Gasteiger partial charge in [0.1, 0.15) is 11.4 Å². The van der Waals surface area contributed by atoms with E-state index in [1.807, 2.05) is 30.5 Å². The lowest BCUT2D eigenvalue weighted by Gasteiger charge is -2.28. The molecule has 3 heterocycles. The maximum absolute atomic E-state index is 12.4. The number of pyridine rings is 1. The van der Waals surface area contributed by atoms with Crippen molar-refractivity contribution in [2.24, 2.45) is 0 Å². The quantitative estimate of drug-likeness (QED) is 0.416. The second-order valence-electron chi connectivity index (χ2n) is 10.2. The normalized spacial score (nSPS) is 20.5. The lowest BCUT2D eigenvalue weighted by atomic mass is 9.80. The third-order valence-corrected chi connectivity index (χ3v) is 6.73. The summed E-state index contributed by atoms with van der Waals surface area (Å²) in [6.07, 6.45) is 5.27. The van der Waals surface area contributed by atoms with E-state index in [1.54, 1.807) is 25.8 Å². The predicted octanol–water partition coefficient (Wildman–Crippen LogP) is 5.94. The van der Waals surface area contributed by atoms with Crippen LogP contribution in [-0.4, -0.2) is 36.6 Å². The molecule has 0 spiro atoms. The molecule has 1 aromatic carbocycles. The Labute approximate surface area is 210 Å². The van der Waals surface area contributed by atoms with Crippen LogP contribution in [0.25, 0.3) is 5.69 Å². The van der Waals surface area contributed by atoms with Gasteiger partial charge in [0.2, 0.25) is 0 Å². The highest BCUT2D eigenvalue weighted by molar-refractivity contribution is 6.30. The maximum Gasteiger partial charge on any atom is 0.528 e. The standard InChI is InChI=1S/C26H30ClN5O3/c1-26(2,3)34-25(33)35-31-15-19-14-20(27)11-12-22(19)32-23(16-31)29-30-24(32)18-9-7-17(8-10-18)21-6-4-5-13-28-21/h4-6,11-14,17-18H,7-10,15-16H2,1-3H3. The monoisotopic (exact) mass is 495 g/mol. The lowest BCUT2D eigenvalue weighted by Crippen LogP contribution is -2.31. The molecule has 1 fully saturated rings. The molecule has 0 amide bonds. The number of halogens is 1. The molecule has 0 N–H and O–H groups in total. The molecule has 0 atom stereocenters. The van der Waals surface area contributed by atoms with Crippen molar-refractivity contribution < 1.29 is 14.4 Å². The van der Waals surface area contributed by atoms with Gasteiger partial charge < -0.3 is 9.57 Å². The fraction of sp³-hybridized carbons (Fsp3) is 0.462. The number of nitrogens with zero attached hydrogens (tertiary/aromatic N) is 5. The van der Waals surface area contributed by atoms with E-state index in [9.17, 15) is 4.79 Å². The number of hydrogen-bond acceptors (Lipinski definition) is 7. The van der Waals surface area contributed by atoms with Crippen LogP contribution in [0.15, 0.2) is 42.6 Å². The first kappa shape index (κ1) is 23.8. The highest BCUT2D eigenvalue weighted by Crippen LogP contribution is 2.41. The van der Waals surface area contributed by atoms with Gasteiger partial charge in [0.05, 0.1) is 18.8 Å². The van der Waals surface area contributed by atoms with Gasteiger partial charge >= 0.3 is 6.16 Å². The SMILES string of the molecule is CC(C)(C)OC(=O)ON1Cc2cc(Cl)ccc2-n2c(nnc2C2CCC(c3ccccn3)CC2)C1. The largest absolute Gasteiger partial charge is 0.528 e. The van der Waals surface area contributed by atoms with Gasteiger partial charge in [0, 0.05) is 28.7 Å². The summed E-state index contributed by atoms with van der Waals surface area (Å²) < 4.78 is 7.47. The third kappa shape index (κ3) is 5.33. The zero-order chi connectivity index (χ0) is 24.6. The van der Waals surface area contributed by atoms with Gasteiger partial charge in [-0.3, -0.25) is 9.55 Å². The summed E-state index contributed by atoms with van der Waals surface area (Å²) in [5, 5.41) is 11.3. The molecule has 184 valence electrons. The van der Waals surface area contributed by atoms with E-state index in [0.717, 1.165) is 48.6 Å². The predicted molar refractivity (Wildman–Crippen MR) is 131 cm³/mol. The highest BCUT2D eigenvalue weighted by Gasteiger charge is 2.32. The van der Waals surface area contributed by atoms with Gasteiger partial charge in [0.15, 0.2) is 5.82 Å². The van der Waals surface area contributed by atoms with Crippen LogP contribution in [0.4, 0.5) is 4.79 Å². The minimum absolute atomic E-state index is 0.290. The zero-order valence-electron chi connectivity index (χ0n) is 20.3. The smallest absolute Gasteiger partial charge is 0.427 e. The number of carbonyl (C=O) groups is 1. The van der Waals surface area contributed by atoms with Gasteiger partial charge in [0.25, 0.3) is 0 Å². The Morgan fingerprint density at radius 3 is 2.51 bits per heavy atom. The van der Waals surface area contributed by atoms with Crippen LogP contribution in [0.3, 0.4) is 0 Å². The van der Waals surface area contributed by atoms with Crippen molar-refractivity contribution in [1.82, 2.24) is 24.8 Å². The van der Waals surface area contributed by atoms with E-state index in [1.165, 1.54) is 5.69 Å². The Balaban J connectivity index is 1.41. The molecule has 5 rings (SSSR count). The Morgan fingerprint density at radius 2 is 1.80 bits per heavy atom. The highest BCUT2D eigenvalue weighted by atomic mass is 35.5. The Hall–Kier alpha value is -2.97. The van der Waals surface area contributed by atoms with Crippen LogP contribution >= 0.6 is 11.6 Å². The maximum atomic E-state index is 12.4. The van der Waals surface area contributed by atoms with Crippen LogP contribution in [0.5, 0.6) is 0 Å². The molecule has 8 nitrogen and oxygen atoms in total. The van der Waals surface area contributed by atoms with Crippen molar-refractivity contribution in [3.8, 4) is 5.69 Å². The number of aromatic nitrogens is 4. The fourth-order valence-electron chi connectivity index (χ4n) is 4.97. The average molecular weight is 496 g/mol. The second-order valence-corrected chi connectivity index (χ2v) is 10.7. The van der Waals surface area contributed by atoms with E-state index in [4.69, 9.17) is 21.2 Å². The van der Waals surface area contributed by atoms with Gasteiger partial charge in [-0.2, -0.15) is 0 Å². The molecular weight excluding hydrogens is 466 g/mol. The first-order valence-electron chi connectivity index (χ1n) is 12.1. The van der Waals surface area contributed by atoms with Crippen molar-refractivity contribution in [2.75, 3.05) is 0 Å². The average Bonchev–Trinajstić information content (AvgIpc) is 3.15. The molecule has 1 aliphatic heterocycles. The molecule has 1 saturated carbocycles. The summed E-state index contributed by atoms with van der Waals surface area (Å²) >= 11 is 6.34. The molecule has 3 aromatic rings. The van der Waals surface area contributed by atoms with Crippen molar-refractivity contribution >= 4 is 17.8 Å². The molecule has 0 bridgehead atoms. The topological polar surface area (TPSA) is 82.4 Å². The van der Waals surface area contributed by atoms with Crippen LogP contribution < -0.4 is 0 Å². The molecule has 0 saturated heterocycles. The Bertz CT molecular complexity index is 1200. The van der Waals surface area contributed by atoms with Crippen molar-refractivity contribution in [3.05, 3.63) is 70.5 Å². The molecule has 2 aliphatic rings. The summed E-state index contributed by atoms with van der Waals surface area (Å²) in [6, 6.07) is 11.9. The number of fused-ring (bicyclic) bond motifs is 3. The number of rotatable bonds is 3. The first-order valence-corrected chi connectivity index (χ1v) is 12.4. The minimum atomic E-state index is -0.748. The third-order valence-electron chi connectivity index (χ3n) is 6.49. The van der Waals surface area contributed by atoms with E-state index in [-0.39, 0.29) is 5.92 Å². The molecule has 0 radical (unpaired) electrons. The van der Waals surface area contributed by atoms with Gasteiger partial charge in [-0.25, -0.2) is 4.79 Å². The second kappa shape index (κ2) is 9.59. The fourth-order valence-corrected chi connectivity index (χ4v) is 5.16. The summed E-state index contributed by atoms with van der Waals surface area (Å²) in [5.41, 5.74) is 2.42. The van der Waals surface area contributed by atoms with Crippen LogP contribution in [0.2, 0.25) is 5.02 Å². The minimum Gasteiger partial charge on any atom is -0.427 e. The summed E-state index contributed by atoms with van der Waals surface area (Å²) in [7, 11) is 0. The van der Waals surface area contributed by atoms with E-state index in [0.29, 0.717) is 24.0 Å². The number of hydrogen-bond donors (Lipinski definition) is 0. The van der Waals surface area contributed by atoms with Gasteiger partial charge in [-0.1, -0.05) is 17.7 Å². The zero-order valence-corrected chi connectivity index (χ0v) is 21.0. The number of carbonyl (C=O) groups excluding carboxylic acids is 1. The van der Waals surface area contributed by atoms with Crippen molar-refractivity contribution in [2.45, 2.75) is 77.0 Å². The summed E-state index contributed by atoms with van der Waals surface area (Å²) in [5.74, 6) is 2.43. The molecule has 1 aliphatic carbocycles. The molecule has 9 heteroatoms. The van der Waals surface area contributed by atoms with Crippen LogP contribution in [-0.2, 0) is 22.7 Å². The van der Waals surface area contributed by atoms with Gasteiger partial charge in [-0.05, 0) is 82.3 Å². The van der Waals surface area contributed by atoms with E-state index < -0.39 is 11.8 Å². The summed E-state index contributed by atoms with van der Waals surface area (Å²) in [4.78, 5) is 22.5. The Kier molecular flexibility index (Phi) is 6.51. The van der Waals surface area contributed by atoms with Crippen molar-refractivity contribution in [1.29, 1.82) is 0 Å². The molecular formula is C26H30ClN5O3. The number of hydroxylamine groups is 2. The van der Waals surface area contributed by atoms with E-state index >= 15 is 0 Å². The van der Waals surface area contributed by atoms with Crippen LogP contribution in [0, 0.1) is 0 Å². The van der Waals surface area contributed by atoms with Crippen LogP contribution in [0.1, 0.15) is 81.2 Å². The molecule has 35 heavy (non-hydrogen) atoms. The summed E-state index contributed by atoms with van der Waals surface area (Å²) in [6.45, 7) is 6.07. The number of ether oxygens (including phenoxy) is 1. The first-order chi connectivity index (χ1) is 16.8. The Morgan fingerprint density at radius 1 is 1.03 bits per heavy atom. The van der Waals surface area contributed by atoms with Crippen molar-refractivity contribution in [3.63, 3.8) is 0 Å². The van der Waals surface area contributed by atoms with Gasteiger partial charge in [-0.15, -0.1) is 15.3 Å². The molecule has 2 aromatic heterocycles. The lowest BCUT2D eigenvalue weighted by molar-refractivity contribution is -0.155. The molecule has 0 unspecified atom stereocenters.